The number of fused-ring (bicyclic) bond motifs is 1. The van der Waals surface area contributed by atoms with Gasteiger partial charge in [0.15, 0.2) is 23.1 Å². The number of halogens is 6. The van der Waals surface area contributed by atoms with Crippen LogP contribution in [0.3, 0.4) is 0 Å². The molecule has 40 heavy (non-hydrogen) atoms. The molecule has 12 heteroatoms. The van der Waals surface area contributed by atoms with E-state index in [9.17, 15) is 36.6 Å². The number of nitrogens with one attached hydrogen (secondary N) is 1. The van der Waals surface area contributed by atoms with Crippen LogP contribution in [0.1, 0.15) is 59.3 Å². The zero-order valence-electron chi connectivity index (χ0n) is 20.8. The van der Waals surface area contributed by atoms with Gasteiger partial charge < -0.3 is 15.3 Å². The van der Waals surface area contributed by atoms with Crippen LogP contribution in [0.4, 0.5) is 27.6 Å². The van der Waals surface area contributed by atoms with Crippen LogP contribution < -0.4 is 10.2 Å². The summed E-state index contributed by atoms with van der Waals surface area (Å²) in [7, 11) is 0. The van der Waals surface area contributed by atoms with E-state index in [-0.39, 0.29) is 34.7 Å². The Kier molecular flexibility index (Phi) is 7.54. The maximum atomic E-state index is 14.7. The fourth-order valence-electron chi connectivity index (χ4n) is 5.50. The number of rotatable bonds is 6. The van der Waals surface area contributed by atoms with Crippen molar-refractivity contribution in [2.24, 2.45) is 5.92 Å². The second-order valence-corrected chi connectivity index (χ2v) is 10.4. The van der Waals surface area contributed by atoms with Crippen molar-refractivity contribution in [3.8, 4) is 0 Å². The summed E-state index contributed by atoms with van der Waals surface area (Å²) in [6.45, 7) is 0.151. The molecule has 2 aromatic carbocycles. The first-order chi connectivity index (χ1) is 19.0. The first-order valence-electron chi connectivity index (χ1n) is 12.5. The van der Waals surface area contributed by atoms with Crippen LogP contribution in [0, 0.1) is 23.4 Å². The normalized spacial score (nSPS) is 22.5. The fraction of sp³-hybridized carbons (Fsp3) is 0.321. The Labute approximate surface area is 230 Å². The summed E-state index contributed by atoms with van der Waals surface area (Å²) in [5.74, 6) is -6.55. The van der Waals surface area contributed by atoms with E-state index in [1.807, 2.05) is 0 Å². The average Bonchev–Trinajstić information content (AvgIpc) is 3.15. The van der Waals surface area contributed by atoms with Crippen LogP contribution in [0.25, 0.3) is 0 Å². The minimum atomic E-state index is -2.95. The average molecular weight is 580 g/mol. The van der Waals surface area contributed by atoms with Crippen molar-refractivity contribution in [1.82, 2.24) is 10.3 Å². The number of aromatic nitrogens is 1. The van der Waals surface area contributed by atoms with E-state index >= 15 is 0 Å². The number of amides is 2. The van der Waals surface area contributed by atoms with E-state index in [0.717, 1.165) is 18.3 Å². The highest BCUT2D eigenvalue weighted by Crippen LogP contribution is 2.46. The Bertz CT molecular complexity index is 1480. The minimum absolute atomic E-state index is 0.0517. The molecule has 1 atom stereocenters. The van der Waals surface area contributed by atoms with Crippen molar-refractivity contribution in [2.45, 2.75) is 43.8 Å². The summed E-state index contributed by atoms with van der Waals surface area (Å²) in [5.41, 5.74) is -3.82. The number of nitrogens with zero attached hydrogens (tertiary/aromatic N) is 2. The highest BCUT2D eigenvalue weighted by atomic mass is 35.5. The molecule has 0 spiro atoms. The second kappa shape index (κ2) is 10.8. The van der Waals surface area contributed by atoms with E-state index in [2.05, 4.69) is 10.3 Å². The quantitative estimate of drug-likeness (QED) is 0.292. The predicted octanol–water partition coefficient (Wildman–Crippen LogP) is 5.66. The Morgan fingerprint density at radius 2 is 1.77 bits per heavy atom. The number of alkyl halides is 2. The standard InChI is InChI=1S/C28H23ClF5N3O3/c29-15-11-17(24(25(33)34)35-12-15)26(38)36-16-7-5-14(6-8-16)13-37-21-4-2-1-3-18(21)28(40,27(37)39)19-9-10-20(30)23(32)22(19)31/h1-4,9-12,14,16,25,40H,5-8,13H2,(H,36,38)/t14-,16-,28?. The second-order valence-electron chi connectivity index (χ2n) is 9.94. The van der Waals surface area contributed by atoms with Gasteiger partial charge >= 0.3 is 0 Å². The molecule has 1 aliphatic heterocycles. The van der Waals surface area contributed by atoms with E-state index in [4.69, 9.17) is 11.6 Å². The lowest BCUT2D eigenvalue weighted by atomic mass is 9.85. The minimum Gasteiger partial charge on any atom is -0.372 e. The lowest BCUT2D eigenvalue weighted by Crippen LogP contribution is -2.45. The molecule has 2 aliphatic rings. The molecule has 3 aromatic rings. The van der Waals surface area contributed by atoms with Gasteiger partial charge in [0.2, 0.25) is 0 Å². The van der Waals surface area contributed by atoms with Gasteiger partial charge in [-0.15, -0.1) is 0 Å². The molecular weight excluding hydrogens is 557 g/mol. The lowest BCUT2D eigenvalue weighted by Gasteiger charge is -2.32. The Morgan fingerprint density at radius 1 is 1.07 bits per heavy atom. The van der Waals surface area contributed by atoms with Gasteiger partial charge in [-0.3, -0.25) is 14.6 Å². The summed E-state index contributed by atoms with van der Waals surface area (Å²) >= 11 is 5.85. The first-order valence-corrected chi connectivity index (χ1v) is 12.9. The zero-order chi connectivity index (χ0) is 28.8. The highest BCUT2D eigenvalue weighted by Gasteiger charge is 2.53. The highest BCUT2D eigenvalue weighted by molar-refractivity contribution is 6.30. The van der Waals surface area contributed by atoms with E-state index in [0.29, 0.717) is 37.4 Å². The Morgan fingerprint density at radius 3 is 2.48 bits per heavy atom. The molecule has 1 unspecified atom stereocenters. The lowest BCUT2D eigenvalue weighted by molar-refractivity contribution is -0.132. The number of anilines is 1. The van der Waals surface area contributed by atoms with Gasteiger partial charge in [-0.2, -0.15) is 0 Å². The van der Waals surface area contributed by atoms with Crippen molar-refractivity contribution in [3.63, 3.8) is 0 Å². The third-order valence-corrected chi connectivity index (χ3v) is 7.73. The molecule has 2 heterocycles. The van der Waals surface area contributed by atoms with Crippen molar-refractivity contribution in [2.75, 3.05) is 11.4 Å². The number of carbonyl (C=O) groups excluding carboxylic acids is 2. The largest absolute Gasteiger partial charge is 0.372 e. The maximum Gasteiger partial charge on any atom is 0.281 e. The molecule has 0 bridgehead atoms. The number of aliphatic hydroxyl groups is 1. The van der Waals surface area contributed by atoms with Crippen LogP contribution in [-0.4, -0.2) is 34.5 Å². The molecule has 6 nitrogen and oxygen atoms in total. The van der Waals surface area contributed by atoms with Gasteiger partial charge in [-0.1, -0.05) is 29.8 Å². The summed E-state index contributed by atoms with van der Waals surface area (Å²) in [5, 5.41) is 14.3. The van der Waals surface area contributed by atoms with Gasteiger partial charge in [0.05, 0.1) is 16.3 Å². The maximum absolute atomic E-state index is 14.7. The number of benzene rings is 2. The van der Waals surface area contributed by atoms with Crippen molar-refractivity contribution in [3.05, 3.63) is 93.5 Å². The molecule has 2 amide bonds. The predicted molar refractivity (Wildman–Crippen MR) is 136 cm³/mol. The topological polar surface area (TPSA) is 82.5 Å². The van der Waals surface area contributed by atoms with E-state index in [1.165, 1.54) is 11.0 Å². The Balaban J connectivity index is 1.30. The SMILES string of the molecule is O=C(N[C@H]1CC[C@H](CN2C(=O)C(O)(c3ccc(F)c(F)c3F)c3ccccc32)CC1)c1cc(Cl)cnc1C(F)F. The smallest absolute Gasteiger partial charge is 0.281 e. The fourth-order valence-corrected chi connectivity index (χ4v) is 5.66. The monoisotopic (exact) mass is 579 g/mol. The summed E-state index contributed by atoms with van der Waals surface area (Å²) in [6.07, 6.45) is 0.160. The van der Waals surface area contributed by atoms with Crippen molar-refractivity contribution in [1.29, 1.82) is 0 Å². The van der Waals surface area contributed by atoms with Crippen LogP contribution in [0.15, 0.2) is 48.7 Å². The zero-order valence-corrected chi connectivity index (χ0v) is 21.6. The van der Waals surface area contributed by atoms with Crippen LogP contribution in [0.2, 0.25) is 5.02 Å². The van der Waals surface area contributed by atoms with Crippen molar-refractivity contribution >= 4 is 29.1 Å². The van der Waals surface area contributed by atoms with E-state index in [1.54, 1.807) is 18.2 Å². The molecule has 210 valence electrons. The molecular formula is C28H23ClF5N3O3. The van der Waals surface area contributed by atoms with Crippen LogP contribution >= 0.6 is 11.6 Å². The molecule has 0 saturated heterocycles. The Hall–Kier alpha value is -3.57. The summed E-state index contributed by atoms with van der Waals surface area (Å²) in [4.78, 5) is 31.1. The first kappa shape index (κ1) is 28.0. The molecule has 2 N–H and O–H groups in total. The van der Waals surface area contributed by atoms with Gasteiger partial charge in [-0.05, 0) is 55.9 Å². The molecule has 1 aromatic heterocycles. The molecule has 0 radical (unpaired) electrons. The number of pyridine rings is 1. The number of para-hydroxylation sites is 1. The van der Waals surface area contributed by atoms with Gasteiger partial charge in [0.1, 0.15) is 5.69 Å². The molecule has 1 aliphatic carbocycles. The summed E-state index contributed by atoms with van der Waals surface area (Å²) < 4.78 is 69.0. The van der Waals surface area contributed by atoms with Crippen LogP contribution in [-0.2, 0) is 10.4 Å². The molecule has 1 fully saturated rings. The number of hydrogen-bond acceptors (Lipinski definition) is 4. The van der Waals surface area contributed by atoms with Gasteiger partial charge in [-0.25, -0.2) is 22.0 Å². The molecule has 5 rings (SSSR count). The van der Waals surface area contributed by atoms with Crippen molar-refractivity contribution < 1.29 is 36.6 Å². The third-order valence-electron chi connectivity index (χ3n) is 7.52. The van der Waals surface area contributed by atoms with Crippen LogP contribution in [0.5, 0.6) is 0 Å². The van der Waals surface area contributed by atoms with E-state index < -0.39 is 52.5 Å². The van der Waals surface area contributed by atoms with Gasteiger partial charge in [0.25, 0.3) is 18.2 Å². The number of carbonyl (C=O) groups is 2. The summed E-state index contributed by atoms with van der Waals surface area (Å²) in [6, 6.07) is 8.52. The molecule has 1 saturated carbocycles. The van der Waals surface area contributed by atoms with Gasteiger partial charge in [0, 0.05) is 29.9 Å². The third kappa shape index (κ3) is 4.81. The number of hydrogen-bond donors (Lipinski definition) is 2.